The van der Waals surface area contributed by atoms with Gasteiger partial charge in [0.15, 0.2) is 0 Å². The highest BCUT2D eigenvalue weighted by Gasteiger charge is 2.19. The van der Waals surface area contributed by atoms with Crippen LogP contribution >= 0.6 is 0 Å². The SMILES string of the molecule is Cc1noc(NS(=O)(=O)c2ccc(N=c3c4ccccc4n(C)c4ccccc34)cc2)c1C. The second kappa shape index (κ2) is 7.90. The van der Waals surface area contributed by atoms with Crippen LogP contribution in [0.5, 0.6) is 0 Å². The van der Waals surface area contributed by atoms with Crippen LogP contribution in [-0.2, 0) is 17.1 Å². The lowest BCUT2D eigenvalue weighted by Gasteiger charge is -2.12. The molecule has 0 atom stereocenters. The number of nitrogens with zero attached hydrogens (tertiary/aromatic N) is 3. The van der Waals surface area contributed by atoms with E-state index in [0.29, 0.717) is 16.9 Å². The highest BCUT2D eigenvalue weighted by Crippen LogP contribution is 2.24. The molecule has 1 N–H and O–H groups in total. The van der Waals surface area contributed by atoms with Crippen molar-refractivity contribution in [1.82, 2.24) is 9.72 Å². The van der Waals surface area contributed by atoms with Gasteiger partial charge in [0.1, 0.15) is 0 Å². The van der Waals surface area contributed by atoms with E-state index in [2.05, 4.69) is 26.6 Å². The van der Waals surface area contributed by atoms with Crippen molar-refractivity contribution in [3.8, 4) is 0 Å². The van der Waals surface area contributed by atoms with Gasteiger partial charge in [-0.15, -0.1) is 0 Å². The molecule has 0 aliphatic carbocycles. The summed E-state index contributed by atoms with van der Waals surface area (Å²) in [5, 5.41) is 6.68. The summed E-state index contributed by atoms with van der Waals surface area (Å²) in [6, 6.07) is 22.7. The van der Waals surface area contributed by atoms with Crippen LogP contribution in [0.25, 0.3) is 21.8 Å². The molecule has 2 heterocycles. The largest absolute Gasteiger partial charge is 0.344 e. The molecule has 0 unspecified atom stereocenters. The monoisotopic (exact) mass is 458 g/mol. The Morgan fingerprint density at radius 2 is 1.45 bits per heavy atom. The van der Waals surface area contributed by atoms with Crippen molar-refractivity contribution >= 4 is 43.4 Å². The van der Waals surface area contributed by atoms with Gasteiger partial charge in [-0.1, -0.05) is 41.6 Å². The third kappa shape index (κ3) is 3.68. The van der Waals surface area contributed by atoms with Crippen molar-refractivity contribution in [2.45, 2.75) is 18.7 Å². The van der Waals surface area contributed by atoms with Gasteiger partial charge in [-0.2, -0.15) is 0 Å². The summed E-state index contributed by atoms with van der Waals surface area (Å²) in [6.45, 7) is 3.50. The molecule has 3 aromatic carbocycles. The average molecular weight is 459 g/mol. The van der Waals surface area contributed by atoms with Gasteiger partial charge in [-0.25, -0.2) is 18.1 Å². The molecule has 0 saturated heterocycles. The molecule has 5 aromatic rings. The predicted octanol–water partition coefficient (Wildman–Crippen LogP) is 4.97. The van der Waals surface area contributed by atoms with Crippen LogP contribution < -0.4 is 10.1 Å². The van der Waals surface area contributed by atoms with Crippen molar-refractivity contribution in [2.24, 2.45) is 12.0 Å². The number of hydrogen-bond acceptors (Lipinski definition) is 5. The zero-order valence-electron chi connectivity index (χ0n) is 18.4. The Labute approximate surface area is 191 Å². The molecular formula is C25H22N4O3S. The van der Waals surface area contributed by atoms with E-state index in [1.807, 2.05) is 43.4 Å². The molecule has 8 heteroatoms. The molecule has 0 amide bonds. The first-order valence-electron chi connectivity index (χ1n) is 10.4. The third-order valence-corrected chi connectivity index (χ3v) is 7.16. The molecule has 0 aliphatic heterocycles. The van der Waals surface area contributed by atoms with E-state index in [4.69, 9.17) is 9.52 Å². The number of anilines is 1. The van der Waals surface area contributed by atoms with Crippen molar-refractivity contribution in [3.05, 3.63) is 89.4 Å². The van der Waals surface area contributed by atoms with E-state index in [1.54, 1.807) is 26.0 Å². The molecule has 0 bridgehead atoms. The molecule has 0 radical (unpaired) electrons. The Balaban J connectivity index is 1.60. The third-order valence-electron chi connectivity index (χ3n) is 5.81. The quantitative estimate of drug-likeness (QED) is 0.385. The fraction of sp³-hybridized carbons (Fsp3) is 0.120. The van der Waals surface area contributed by atoms with Crippen molar-refractivity contribution in [1.29, 1.82) is 0 Å². The van der Waals surface area contributed by atoms with Crippen LogP contribution in [0.4, 0.5) is 11.6 Å². The highest BCUT2D eigenvalue weighted by molar-refractivity contribution is 7.92. The summed E-state index contributed by atoms with van der Waals surface area (Å²) in [5.74, 6) is 0.122. The minimum Gasteiger partial charge on any atom is -0.344 e. The maximum atomic E-state index is 12.8. The lowest BCUT2D eigenvalue weighted by molar-refractivity contribution is 0.430. The van der Waals surface area contributed by atoms with E-state index in [-0.39, 0.29) is 10.8 Å². The number of hydrogen-bond donors (Lipinski definition) is 1. The van der Waals surface area contributed by atoms with Gasteiger partial charge in [0.25, 0.3) is 10.0 Å². The van der Waals surface area contributed by atoms with Gasteiger partial charge in [0.05, 0.1) is 32.7 Å². The minimum absolute atomic E-state index is 0.115. The van der Waals surface area contributed by atoms with Crippen LogP contribution in [-0.4, -0.2) is 18.1 Å². The molecule has 7 nitrogen and oxygen atoms in total. The van der Waals surface area contributed by atoms with Crippen LogP contribution in [0.1, 0.15) is 11.3 Å². The molecule has 0 spiro atoms. The zero-order valence-corrected chi connectivity index (χ0v) is 19.2. The molecular weight excluding hydrogens is 436 g/mol. The lowest BCUT2D eigenvalue weighted by atomic mass is 10.1. The van der Waals surface area contributed by atoms with E-state index in [0.717, 1.165) is 27.2 Å². The first-order chi connectivity index (χ1) is 15.8. The number of sulfonamides is 1. The second-order valence-electron chi connectivity index (χ2n) is 7.88. The summed E-state index contributed by atoms with van der Waals surface area (Å²) in [6.07, 6.45) is 0. The Hall–Kier alpha value is -3.91. The summed E-state index contributed by atoms with van der Waals surface area (Å²) in [5.41, 5.74) is 4.08. The Kier molecular flexibility index (Phi) is 5.02. The van der Waals surface area contributed by atoms with Gasteiger partial charge < -0.3 is 9.09 Å². The highest BCUT2D eigenvalue weighted by atomic mass is 32.2. The first kappa shape index (κ1) is 21.0. The minimum atomic E-state index is -3.82. The number of nitrogens with one attached hydrogen (secondary N) is 1. The standard InChI is InChI=1S/C25H22N4O3S/c1-16-17(2)27-32-25(16)28-33(30,31)19-14-12-18(13-15-19)26-24-20-8-4-6-10-22(20)29(3)23-11-7-5-9-21(23)24/h4-15,28H,1-3H3. The Bertz CT molecular complexity index is 1620. The zero-order chi connectivity index (χ0) is 23.2. The first-order valence-corrected chi connectivity index (χ1v) is 11.9. The Morgan fingerprint density at radius 3 is 2.00 bits per heavy atom. The molecule has 0 fully saturated rings. The number of rotatable bonds is 4. The van der Waals surface area contributed by atoms with E-state index < -0.39 is 10.0 Å². The molecule has 0 saturated carbocycles. The summed E-state index contributed by atoms with van der Waals surface area (Å²) < 4.78 is 35.3. The lowest BCUT2D eigenvalue weighted by Crippen LogP contribution is -2.13. The number of aromatic nitrogens is 2. The number of para-hydroxylation sites is 2. The van der Waals surface area contributed by atoms with Gasteiger partial charge in [-0.05, 0) is 50.2 Å². The van der Waals surface area contributed by atoms with Crippen LogP contribution in [0.3, 0.4) is 0 Å². The fourth-order valence-corrected chi connectivity index (χ4v) is 4.90. The maximum Gasteiger partial charge on any atom is 0.264 e. The maximum absolute atomic E-state index is 12.8. The molecule has 33 heavy (non-hydrogen) atoms. The van der Waals surface area contributed by atoms with Crippen LogP contribution in [0, 0.1) is 13.8 Å². The van der Waals surface area contributed by atoms with Gasteiger partial charge >= 0.3 is 0 Å². The number of benzene rings is 3. The molecule has 166 valence electrons. The van der Waals surface area contributed by atoms with Gasteiger partial charge in [0.2, 0.25) is 5.88 Å². The smallest absolute Gasteiger partial charge is 0.264 e. The normalized spacial score (nSPS) is 11.7. The summed E-state index contributed by atoms with van der Waals surface area (Å²) >= 11 is 0. The molecule has 0 aliphatic rings. The van der Waals surface area contributed by atoms with Crippen LogP contribution in [0.15, 0.2) is 87.2 Å². The number of fused-ring (bicyclic) bond motifs is 2. The second-order valence-corrected chi connectivity index (χ2v) is 9.56. The molecule has 5 rings (SSSR count). The summed E-state index contributed by atoms with van der Waals surface area (Å²) in [7, 11) is -1.78. The topological polar surface area (TPSA) is 89.5 Å². The number of aryl methyl sites for hydroxylation is 2. The van der Waals surface area contributed by atoms with Crippen LogP contribution in [0.2, 0.25) is 0 Å². The van der Waals surface area contributed by atoms with Crippen molar-refractivity contribution < 1.29 is 12.9 Å². The van der Waals surface area contributed by atoms with Gasteiger partial charge in [0, 0.05) is 23.4 Å². The van der Waals surface area contributed by atoms with E-state index in [9.17, 15) is 8.42 Å². The predicted molar refractivity (Wildman–Crippen MR) is 129 cm³/mol. The number of pyridine rings is 1. The van der Waals surface area contributed by atoms with Crippen molar-refractivity contribution in [2.75, 3.05) is 4.72 Å². The van der Waals surface area contributed by atoms with E-state index in [1.165, 1.54) is 12.1 Å². The van der Waals surface area contributed by atoms with E-state index >= 15 is 0 Å². The summed E-state index contributed by atoms with van der Waals surface area (Å²) in [4.78, 5) is 5.02. The van der Waals surface area contributed by atoms with Gasteiger partial charge in [-0.3, -0.25) is 0 Å². The molecule has 2 aromatic heterocycles. The Morgan fingerprint density at radius 1 is 0.879 bits per heavy atom. The average Bonchev–Trinajstić information content (AvgIpc) is 3.14. The van der Waals surface area contributed by atoms with Crippen molar-refractivity contribution in [3.63, 3.8) is 0 Å². The fourth-order valence-electron chi connectivity index (χ4n) is 3.85.